The van der Waals surface area contributed by atoms with Crippen LogP contribution < -0.4 is 10.5 Å². The van der Waals surface area contributed by atoms with Gasteiger partial charge < -0.3 is 14.5 Å². The number of carbonyl (C=O) groups is 1. The van der Waals surface area contributed by atoms with Crippen molar-refractivity contribution in [1.29, 1.82) is 0 Å². The van der Waals surface area contributed by atoms with Gasteiger partial charge in [0.2, 0.25) is 5.95 Å². The SMILES string of the molecule is CCOC(=O)N1CCN(c2nc3sc4c(c3c(=O)n2Cc2ccccc2)CCCCC4)CC1. The van der Waals surface area contributed by atoms with Crippen molar-refractivity contribution >= 4 is 33.6 Å². The average Bonchev–Trinajstić information content (AvgIpc) is 3.03. The minimum atomic E-state index is -0.274. The highest BCUT2D eigenvalue weighted by atomic mass is 32.1. The van der Waals surface area contributed by atoms with Crippen LogP contribution in [0.1, 0.15) is 42.2 Å². The number of thiophene rings is 1. The van der Waals surface area contributed by atoms with Crippen LogP contribution in [0.5, 0.6) is 0 Å². The Labute approximate surface area is 197 Å². The van der Waals surface area contributed by atoms with E-state index in [0.717, 1.165) is 35.0 Å². The molecule has 33 heavy (non-hydrogen) atoms. The van der Waals surface area contributed by atoms with Gasteiger partial charge in [0, 0.05) is 31.1 Å². The van der Waals surface area contributed by atoms with E-state index in [0.29, 0.717) is 45.3 Å². The summed E-state index contributed by atoms with van der Waals surface area (Å²) in [5.41, 5.74) is 2.37. The molecule has 1 aliphatic carbocycles. The summed E-state index contributed by atoms with van der Waals surface area (Å²) in [5, 5.41) is 0.821. The normalized spacial score (nSPS) is 16.5. The molecule has 3 heterocycles. The first-order chi connectivity index (χ1) is 16.2. The Hall–Kier alpha value is -2.87. The summed E-state index contributed by atoms with van der Waals surface area (Å²) in [6.45, 7) is 5.03. The third kappa shape index (κ3) is 4.36. The van der Waals surface area contributed by atoms with E-state index in [1.165, 1.54) is 23.3 Å². The summed E-state index contributed by atoms with van der Waals surface area (Å²) >= 11 is 1.70. The molecule has 0 atom stereocenters. The summed E-state index contributed by atoms with van der Waals surface area (Å²) in [7, 11) is 0. The molecule has 0 spiro atoms. The predicted octanol–water partition coefficient (Wildman–Crippen LogP) is 4.05. The van der Waals surface area contributed by atoms with E-state index >= 15 is 0 Å². The van der Waals surface area contributed by atoms with Gasteiger partial charge in [-0.1, -0.05) is 36.8 Å². The first-order valence-corrected chi connectivity index (χ1v) is 12.7. The molecule has 8 heteroatoms. The minimum absolute atomic E-state index is 0.0612. The van der Waals surface area contributed by atoms with Crippen molar-refractivity contribution in [3.05, 3.63) is 56.7 Å². The number of aromatic nitrogens is 2. The molecule has 1 aliphatic heterocycles. The monoisotopic (exact) mass is 466 g/mol. The number of amides is 1. The van der Waals surface area contributed by atoms with Crippen LogP contribution in [0, 0.1) is 0 Å². The summed E-state index contributed by atoms with van der Waals surface area (Å²) in [6.07, 6.45) is 5.27. The lowest BCUT2D eigenvalue weighted by Crippen LogP contribution is -2.50. The van der Waals surface area contributed by atoms with Gasteiger partial charge >= 0.3 is 6.09 Å². The molecule has 3 aromatic rings. The van der Waals surface area contributed by atoms with E-state index in [2.05, 4.69) is 4.90 Å². The van der Waals surface area contributed by atoms with Crippen molar-refractivity contribution in [2.45, 2.75) is 45.6 Å². The number of aryl methyl sites for hydroxylation is 2. The van der Waals surface area contributed by atoms with Crippen LogP contribution in [0.4, 0.5) is 10.7 Å². The van der Waals surface area contributed by atoms with E-state index < -0.39 is 0 Å². The van der Waals surface area contributed by atoms with Gasteiger partial charge in [-0.15, -0.1) is 11.3 Å². The first kappa shape index (κ1) is 21.9. The van der Waals surface area contributed by atoms with Gasteiger partial charge in [-0.05, 0) is 43.7 Å². The maximum Gasteiger partial charge on any atom is 0.409 e. The Kier molecular flexibility index (Phi) is 6.35. The summed E-state index contributed by atoms with van der Waals surface area (Å²) in [4.78, 5) is 37.2. The molecular weight excluding hydrogens is 436 g/mol. The number of rotatable bonds is 4. The molecule has 0 unspecified atom stereocenters. The molecule has 0 bridgehead atoms. The molecule has 1 fully saturated rings. The molecule has 5 rings (SSSR count). The van der Waals surface area contributed by atoms with Gasteiger partial charge in [-0.3, -0.25) is 9.36 Å². The van der Waals surface area contributed by atoms with E-state index in [1.807, 2.05) is 41.8 Å². The van der Waals surface area contributed by atoms with Gasteiger partial charge in [-0.25, -0.2) is 9.78 Å². The highest BCUT2D eigenvalue weighted by Gasteiger charge is 2.27. The van der Waals surface area contributed by atoms with Crippen molar-refractivity contribution in [3.63, 3.8) is 0 Å². The summed E-state index contributed by atoms with van der Waals surface area (Å²) in [6, 6.07) is 10.1. The zero-order valence-corrected chi connectivity index (χ0v) is 19.9. The molecule has 1 aromatic carbocycles. The fourth-order valence-corrected chi connectivity index (χ4v) is 6.11. The Bertz CT molecular complexity index is 1200. The third-order valence-electron chi connectivity index (χ3n) is 6.58. The van der Waals surface area contributed by atoms with Crippen LogP contribution in [-0.2, 0) is 24.1 Å². The summed E-state index contributed by atoms with van der Waals surface area (Å²) in [5.74, 6) is 0.705. The second kappa shape index (κ2) is 9.55. The molecule has 1 amide bonds. The maximum absolute atomic E-state index is 13.9. The zero-order chi connectivity index (χ0) is 22.8. The maximum atomic E-state index is 13.9. The van der Waals surface area contributed by atoms with Gasteiger partial charge in [0.1, 0.15) is 4.83 Å². The van der Waals surface area contributed by atoms with Gasteiger partial charge in [0.15, 0.2) is 0 Å². The molecule has 2 aliphatic rings. The first-order valence-electron chi connectivity index (χ1n) is 11.9. The number of nitrogens with zero attached hydrogens (tertiary/aromatic N) is 4. The summed E-state index contributed by atoms with van der Waals surface area (Å²) < 4.78 is 7.00. The lowest BCUT2D eigenvalue weighted by atomic mass is 10.1. The Morgan fingerprint density at radius 2 is 1.82 bits per heavy atom. The van der Waals surface area contributed by atoms with Gasteiger partial charge in [-0.2, -0.15) is 0 Å². The Morgan fingerprint density at radius 3 is 2.58 bits per heavy atom. The second-order valence-corrected chi connectivity index (χ2v) is 9.79. The molecule has 7 nitrogen and oxygen atoms in total. The fraction of sp³-hybridized carbons (Fsp3) is 0.480. The Balaban J connectivity index is 1.55. The van der Waals surface area contributed by atoms with Crippen LogP contribution in [0.3, 0.4) is 0 Å². The van der Waals surface area contributed by atoms with Crippen molar-refractivity contribution in [3.8, 4) is 0 Å². The second-order valence-electron chi connectivity index (χ2n) is 8.71. The molecule has 0 radical (unpaired) electrons. The lowest BCUT2D eigenvalue weighted by molar-refractivity contribution is 0.105. The number of hydrogen-bond donors (Lipinski definition) is 0. The number of carbonyl (C=O) groups excluding carboxylic acids is 1. The van der Waals surface area contributed by atoms with Crippen molar-refractivity contribution < 1.29 is 9.53 Å². The molecular formula is C25H30N4O3S. The third-order valence-corrected chi connectivity index (χ3v) is 7.76. The van der Waals surface area contributed by atoms with Gasteiger partial charge in [0.25, 0.3) is 5.56 Å². The van der Waals surface area contributed by atoms with E-state index in [4.69, 9.17) is 9.72 Å². The smallest absolute Gasteiger partial charge is 0.409 e. The van der Waals surface area contributed by atoms with E-state index in [9.17, 15) is 9.59 Å². The average molecular weight is 467 g/mol. The number of piperazine rings is 1. The van der Waals surface area contributed by atoms with E-state index in [-0.39, 0.29) is 11.7 Å². The van der Waals surface area contributed by atoms with Crippen LogP contribution in [0.2, 0.25) is 0 Å². The zero-order valence-electron chi connectivity index (χ0n) is 19.1. The fourth-order valence-electron chi connectivity index (χ4n) is 4.86. The van der Waals surface area contributed by atoms with Crippen molar-refractivity contribution in [2.24, 2.45) is 0 Å². The molecule has 0 saturated carbocycles. The molecule has 174 valence electrons. The standard InChI is InChI=1S/C25H30N4O3S/c1-2-32-25(31)28-15-13-27(14-16-28)24-26-22-21(19-11-7-4-8-12-20(19)33-22)23(30)29(24)17-18-9-5-3-6-10-18/h3,5-6,9-10H,2,4,7-8,11-17H2,1H3. The highest BCUT2D eigenvalue weighted by Crippen LogP contribution is 2.34. The molecule has 1 saturated heterocycles. The largest absolute Gasteiger partial charge is 0.450 e. The number of benzene rings is 1. The lowest BCUT2D eigenvalue weighted by Gasteiger charge is -2.35. The quantitative estimate of drug-likeness (QED) is 0.543. The minimum Gasteiger partial charge on any atom is -0.450 e. The topological polar surface area (TPSA) is 67.7 Å². The van der Waals surface area contributed by atoms with Crippen LogP contribution in [0.15, 0.2) is 35.1 Å². The predicted molar refractivity (Wildman–Crippen MR) is 131 cm³/mol. The Morgan fingerprint density at radius 1 is 1.06 bits per heavy atom. The highest BCUT2D eigenvalue weighted by molar-refractivity contribution is 7.18. The number of anilines is 1. The molecule has 0 N–H and O–H groups in total. The number of ether oxygens (including phenoxy) is 1. The number of fused-ring (bicyclic) bond motifs is 3. The van der Waals surface area contributed by atoms with Crippen molar-refractivity contribution in [2.75, 3.05) is 37.7 Å². The van der Waals surface area contributed by atoms with Gasteiger partial charge in [0.05, 0.1) is 18.5 Å². The molecule has 2 aromatic heterocycles. The van der Waals surface area contributed by atoms with Crippen molar-refractivity contribution in [1.82, 2.24) is 14.5 Å². The number of hydrogen-bond acceptors (Lipinski definition) is 6. The van der Waals surface area contributed by atoms with Crippen LogP contribution >= 0.6 is 11.3 Å². The van der Waals surface area contributed by atoms with E-state index in [1.54, 1.807) is 16.2 Å². The van der Waals surface area contributed by atoms with Crippen LogP contribution in [-0.4, -0.2) is 53.3 Å². The van der Waals surface area contributed by atoms with Crippen LogP contribution in [0.25, 0.3) is 10.2 Å².